The fourth-order valence-electron chi connectivity index (χ4n) is 6.44. The zero-order valence-electron chi connectivity index (χ0n) is 18.3. The minimum Gasteiger partial charge on any atom is -0.504 e. The molecule has 9 heteroatoms. The van der Waals surface area contributed by atoms with Crippen LogP contribution in [-0.4, -0.2) is 44.9 Å². The first-order chi connectivity index (χ1) is 16.3. The van der Waals surface area contributed by atoms with Gasteiger partial charge in [0.25, 0.3) is 0 Å². The van der Waals surface area contributed by atoms with Crippen LogP contribution in [0.4, 0.5) is 10.1 Å². The Bertz CT molecular complexity index is 1240. The molecule has 6 rings (SSSR count). The van der Waals surface area contributed by atoms with Crippen molar-refractivity contribution in [3.05, 3.63) is 53.3 Å². The fraction of sp³-hybridized carbons (Fsp3) is 0.400. The van der Waals surface area contributed by atoms with E-state index in [4.69, 9.17) is 0 Å². The highest BCUT2D eigenvalue weighted by Crippen LogP contribution is 2.54. The second-order valence-corrected chi connectivity index (χ2v) is 9.72. The first-order valence-corrected chi connectivity index (χ1v) is 11.6. The van der Waals surface area contributed by atoms with Gasteiger partial charge in [-0.25, -0.2) is 4.39 Å². The van der Waals surface area contributed by atoms with Gasteiger partial charge in [-0.15, -0.1) is 0 Å². The van der Waals surface area contributed by atoms with Gasteiger partial charge >= 0.3 is 0 Å². The first kappa shape index (κ1) is 21.1. The number of carbonyl (C=O) groups excluding carboxylic acids is 3. The van der Waals surface area contributed by atoms with Crippen molar-refractivity contribution in [2.45, 2.75) is 49.7 Å². The number of imide groups is 1. The summed E-state index contributed by atoms with van der Waals surface area (Å²) in [7, 11) is 0. The van der Waals surface area contributed by atoms with E-state index in [0.29, 0.717) is 16.8 Å². The molecule has 0 aromatic heterocycles. The molecule has 2 aromatic rings. The van der Waals surface area contributed by atoms with Gasteiger partial charge in [0.2, 0.25) is 17.7 Å². The molecule has 2 saturated heterocycles. The number of carbonyl (C=O) groups is 3. The minimum atomic E-state index is -1.56. The molecule has 34 heavy (non-hydrogen) atoms. The number of phenolic OH excluding ortho intramolecular Hbond substituents is 2. The molecule has 2 aromatic carbocycles. The molecule has 1 spiro atoms. The van der Waals surface area contributed by atoms with Crippen LogP contribution < -0.4 is 10.6 Å². The zero-order valence-corrected chi connectivity index (χ0v) is 18.3. The van der Waals surface area contributed by atoms with E-state index in [9.17, 15) is 29.0 Å². The molecule has 1 saturated carbocycles. The third-order valence-electron chi connectivity index (χ3n) is 7.90. The van der Waals surface area contributed by atoms with E-state index < -0.39 is 41.0 Å². The number of nitrogens with one attached hydrogen (secondary N) is 2. The molecule has 3 amide bonds. The summed E-state index contributed by atoms with van der Waals surface area (Å²) in [5, 5.41) is 25.6. The molecule has 0 unspecified atom stereocenters. The summed E-state index contributed by atoms with van der Waals surface area (Å²) in [6.07, 6.45) is 3.58. The number of hydrogen-bond acceptors (Lipinski definition) is 6. The van der Waals surface area contributed by atoms with Crippen LogP contribution >= 0.6 is 0 Å². The van der Waals surface area contributed by atoms with Crippen molar-refractivity contribution in [3.63, 3.8) is 0 Å². The average Bonchev–Trinajstić information content (AvgIpc) is 3.54. The van der Waals surface area contributed by atoms with Gasteiger partial charge in [-0.3, -0.25) is 24.6 Å². The van der Waals surface area contributed by atoms with Gasteiger partial charge in [-0.2, -0.15) is 0 Å². The highest BCUT2D eigenvalue weighted by molar-refractivity contribution is 6.15. The van der Waals surface area contributed by atoms with Gasteiger partial charge in [-0.1, -0.05) is 18.9 Å². The number of amides is 3. The smallest absolute Gasteiger partial charge is 0.250 e. The average molecular weight is 465 g/mol. The summed E-state index contributed by atoms with van der Waals surface area (Å²) >= 11 is 0. The number of anilines is 1. The Morgan fingerprint density at radius 3 is 2.50 bits per heavy atom. The molecule has 3 heterocycles. The lowest BCUT2D eigenvalue weighted by Gasteiger charge is -2.31. The predicted molar refractivity (Wildman–Crippen MR) is 118 cm³/mol. The molecule has 1 aliphatic carbocycles. The lowest BCUT2D eigenvalue weighted by Crippen LogP contribution is -2.54. The monoisotopic (exact) mass is 465 g/mol. The van der Waals surface area contributed by atoms with Crippen LogP contribution in [0.25, 0.3) is 0 Å². The number of rotatable bonds is 3. The maximum Gasteiger partial charge on any atom is 0.250 e. The van der Waals surface area contributed by atoms with Crippen LogP contribution in [-0.2, 0) is 26.3 Å². The summed E-state index contributed by atoms with van der Waals surface area (Å²) in [6.45, 7) is 0. The second-order valence-electron chi connectivity index (χ2n) is 9.72. The van der Waals surface area contributed by atoms with Gasteiger partial charge in [0.1, 0.15) is 11.4 Å². The van der Waals surface area contributed by atoms with E-state index >= 15 is 0 Å². The van der Waals surface area contributed by atoms with Crippen LogP contribution in [0.5, 0.6) is 11.5 Å². The quantitative estimate of drug-likeness (QED) is 0.408. The summed E-state index contributed by atoms with van der Waals surface area (Å²) in [4.78, 5) is 42.3. The highest BCUT2D eigenvalue weighted by atomic mass is 19.1. The van der Waals surface area contributed by atoms with Crippen molar-refractivity contribution in [1.29, 1.82) is 0 Å². The SMILES string of the molecule is O=C1[C@H]2[C@@H](C(=O)N1C1CCCC1)[C@@]1(N[C@@H]2Cc2ccc(O)c(O)c2)C(=O)Nc2ccc(F)cc21. The number of likely N-dealkylation sites (tertiary alicyclic amines) is 1. The molecule has 4 atom stereocenters. The standard InChI is InChI=1S/C25H24FN3O5/c26-13-6-7-16-15(11-13)25(24(34)27-16)21-20(22(32)29(23(21)33)14-3-1-2-4-14)17(28-25)9-12-5-8-18(30)19(31)10-12/h5-8,10-11,14,17,20-21,28,30-31H,1-4,9H2,(H,27,34)/t17-,20-,21+,25-/m1/s1. The zero-order chi connectivity index (χ0) is 23.8. The minimum absolute atomic E-state index is 0.183. The Kier molecular flexibility index (Phi) is 4.51. The third-order valence-corrected chi connectivity index (χ3v) is 7.90. The van der Waals surface area contributed by atoms with Gasteiger partial charge in [-0.05, 0) is 55.2 Å². The molecule has 4 aliphatic rings. The fourth-order valence-corrected chi connectivity index (χ4v) is 6.44. The molecule has 3 aliphatic heterocycles. The predicted octanol–water partition coefficient (Wildman–Crippen LogP) is 2.14. The largest absolute Gasteiger partial charge is 0.504 e. The molecular weight excluding hydrogens is 441 g/mol. The second kappa shape index (κ2) is 7.27. The normalized spacial score (nSPS) is 30.3. The Morgan fingerprint density at radius 2 is 1.76 bits per heavy atom. The Hall–Kier alpha value is -3.46. The van der Waals surface area contributed by atoms with Crippen LogP contribution in [0.3, 0.4) is 0 Å². The maximum atomic E-state index is 14.3. The highest BCUT2D eigenvalue weighted by Gasteiger charge is 2.71. The van der Waals surface area contributed by atoms with Crippen LogP contribution in [0, 0.1) is 17.7 Å². The van der Waals surface area contributed by atoms with E-state index in [1.807, 2.05) is 0 Å². The van der Waals surface area contributed by atoms with Gasteiger partial charge in [0.05, 0.1) is 11.8 Å². The van der Waals surface area contributed by atoms with Gasteiger partial charge in [0, 0.05) is 23.3 Å². The Morgan fingerprint density at radius 1 is 1.00 bits per heavy atom. The molecule has 4 N–H and O–H groups in total. The summed E-state index contributed by atoms with van der Waals surface area (Å²) in [5.41, 5.74) is -0.189. The molecule has 3 fully saturated rings. The molecular formula is C25H24FN3O5. The van der Waals surface area contributed by atoms with E-state index in [2.05, 4.69) is 10.6 Å². The number of phenols is 2. The summed E-state index contributed by atoms with van der Waals surface area (Å²) < 4.78 is 14.3. The van der Waals surface area contributed by atoms with Gasteiger partial charge in [0.15, 0.2) is 11.5 Å². The topological polar surface area (TPSA) is 119 Å². The Balaban J connectivity index is 1.47. The van der Waals surface area contributed by atoms with Crippen molar-refractivity contribution >= 4 is 23.4 Å². The number of halogens is 1. The molecule has 0 bridgehead atoms. The number of benzene rings is 2. The number of aromatic hydroxyl groups is 2. The van der Waals surface area contributed by atoms with E-state index in [1.165, 1.54) is 35.2 Å². The molecule has 0 radical (unpaired) electrons. The van der Waals surface area contributed by atoms with Gasteiger partial charge < -0.3 is 15.5 Å². The van der Waals surface area contributed by atoms with E-state index in [-0.39, 0.29) is 29.9 Å². The van der Waals surface area contributed by atoms with E-state index in [0.717, 1.165) is 25.7 Å². The summed E-state index contributed by atoms with van der Waals surface area (Å²) in [5.74, 6) is -4.10. The van der Waals surface area contributed by atoms with Crippen molar-refractivity contribution in [1.82, 2.24) is 10.2 Å². The van der Waals surface area contributed by atoms with Crippen LogP contribution in [0.2, 0.25) is 0 Å². The lowest BCUT2D eigenvalue weighted by molar-refractivity contribution is -0.145. The maximum absolute atomic E-state index is 14.3. The first-order valence-electron chi connectivity index (χ1n) is 11.6. The number of hydrogen-bond donors (Lipinski definition) is 4. The van der Waals surface area contributed by atoms with E-state index in [1.54, 1.807) is 6.07 Å². The van der Waals surface area contributed by atoms with Crippen molar-refractivity contribution in [2.75, 3.05) is 5.32 Å². The third kappa shape index (κ3) is 2.76. The van der Waals surface area contributed by atoms with Crippen LogP contribution in [0.1, 0.15) is 36.8 Å². The number of nitrogens with zero attached hydrogens (tertiary/aromatic N) is 1. The summed E-state index contributed by atoms with van der Waals surface area (Å²) in [6, 6.07) is 7.54. The molecule has 8 nitrogen and oxygen atoms in total. The number of fused-ring (bicyclic) bond motifs is 4. The lowest BCUT2D eigenvalue weighted by atomic mass is 9.76. The van der Waals surface area contributed by atoms with Crippen molar-refractivity contribution < 1.29 is 29.0 Å². The molecule has 176 valence electrons. The Labute approximate surface area is 194 Å². The van der Waals surface area contributed by atoms with Crippen molar-refractivity contribution in [3.8, 4) is 11.5 Å². The van der Waals surface area contributed by atoms with Crippen molar-refractivity contribution in [2.24, 2.45) is 11.8 Å². The van der Waals surface area contributed by atoms with Crippen LogP contribution in [0.15, 0.2) is 36.4 Å².